The van der Waals surface area contributed by atoms with Gasteiger partial charge in [-0.25, -0.2) is 0 Å². The molecule has 0 saturated heterocycles. The fourth-order valence-electron chi connectivity index (χ4n) is 2.24. The molecule has 2 saturated carbocycles. The molecule has 0 aromatic heterocycles. The molecule has 0 bridgehead atoms. The molecule has 1 atom stereocenters. The second kappa shape index (κ2) is 2.51. The maximum atomic E-state index is 4.13. The van der Waals surface area contributed by atoms with Crippen LogP contribution < -0.4 is 0 Å². The average Bonchev–Trinajstić information content (AvgIpc) is 2.15. The van der Waals surface area contributed by atoms with Gasteiger partial charge in [-0.2, -0.15) is 0 Å². The van der Waals surface area contributed by atoms with Crippen molar-refractivity contribution in [2.75, 3.05) is 0 Å². The Bertz CT molecular complexity index is 214. The van der Waals surface area contributed by atoms with Crippen LogP contribution in [0.15, 0.2) is 23.3 Å². The quantitative estimate of drug-likeness (QED) is 0.493. The molecular formula is C11H16. The van der Waals surface area contributed by atoms with Crippen LogP contribution in [0.3, 0.4) is 0 Å². The van der Waals surface area contributed by atoms with E-state index < -0.39 is 0 Å². The Labute approximate surface area is 69.0 Å². The normalized spacial score (nSPS) is 31.0. The minimum absolute atomic E-state index is 0.817. The van der Waals surface area contributed by atoms with Gasteiger partial charge in [-0.05, 0) is 43.6 Å². The first-order valence-corrected chi connectivity index (χ1v) is 4.69. The fraction of sp³-hybridized carbons (Fsp3) is 0.636. The van der Waals surface area contributed by atoms with E-state index in [1.165, 1.54) is 37.7 Å². The molecule has 0 aromatic rings. The summed E-state index contributed by atoms with van der Waals surface area (Å²) in [5, 5.41) is 0. The summed E-state index contributed by atoms with van der Waals surface area (Å²) in [4.78, 5) is 0. The van der Waals surface area contributed by atoms with Gasteiger partial charge >= 0.3 is 0 Å². The summed E-state index contributed by atoms with van der Waals surface area (Å²) in [6.07, 6.45) is 6.73. The Morgan fingerprint density at radius 1 is 1.27 bits per heavy atom. The summed E-state index contributed by atoms with van der Waals surface area (Å²) >= 11 is 0. The molecule has 2 rings (SSSR count). The van der Waals surface area contributed by atoms with E-state index >= 15 is 0 Å². The van der Waals surface area contributed by atoms with Crippen molar-refractivity contribution in [1.29, 1.82) is 0 Å². The van der Waals surface area contributed by atoms with Gasteiger partial charge in [0.05, 0.1) is 0 Å². The Morgan fingerprint density at radius 3 is 2.36 bits per heavy atom. The highest BCUT2D eigenvalue weighted by molar-refractivity contribution is 5.40. The molecule has 1 unspecified atom stereocenters. The number of hydrogen-bond donors (Lipinski definition) is 0. The minimum Gasteiger partial charge on any atom is -0.0955 e. The number of rotatable bonds is 0. The Morgan fingerprint density at radius 2 is 2.00 bits per heavy atom. The van der Waals surface area contributed by atoms with E-state index in [1.54, 1.807) is 11.1 Å². The maximum absolute atomic E-state index is 4.13. The molecule has 0 spiro atoms. The second-order valence-electron chi connectivity index (χ2n) is 3.91. The Kier molecular flexibility index (Phi) is 1.63. The molecule has 2 fully saturated rings. The van der Waals surface area contributed by atoms with Gasteiger partial charge in [0.2, 0.25) is 0 Å². The van der Waals surface area contributed by atoms with Crippen molar-refractivity contribution in [2.24, 2.45) is 5.92 Å². The lowest BCUT2D eigenvalue weighted by atomic mass is 9.83. The Hall–Kier alpha value is -0.520. The fourth-order valence-corrected chi connectivity index (χ4v) is 2.24. The third kappa shape index (κ3) is 1.05. The predicted molar refractivity (Wildman–Crippen MR) is 48.4 cm³/mol. The van der Waals surface area contributed by atoms with Crippen LogP contribution >= 0.6 is 0 Å². The molecule has 2 aliphatic carbocycles. The van der Waals surface area contributed by atoms with Crippen LogP contribution in [0.5, 0.6) is 0 Å². The van der Waals surface area contributed by atoms with Gasteiger partial charge in [-0.1, -0.05) is 24.6 Å². The van der Waals surface area contributed by atoms with Crippen LogP contribution in [0.25, 0.3) is 0 Å². The van der Waals surface area contributed by atoms with Crippen molar-refractivity contribution in [3.63, 3.8) is 0 Å². The van der Waals surface area contributed by atoms with E-state index in [0.717, 1.165) is 5.92 Å². The van der Waals surface area contributed by atoms with Crippen molar-refractivity contribution < 1.29 is 0 Å². The monoisotopic (exact) mass is 148 g/mol. The molecule has 0 N–H and O–H groups in total. The second-order valence-corrected chi connectivity index (χ2v) is 3.91. The zero-order chi connectivity index (χ0) is 7.84. The first-order chi connectivity index (χ1) is 5.29. The summed E-state index contributed by atoms with van der Waals surface area (Å²) in [6.45, 7) is 6.48. The zero-order valence-corrected chi connectivity index (χ0v) is 7.32. The summed E-state index contributed by atoms with van der Waals surface area (Å²) in [7, 11) is 0. The summed E-state index contributed by atoms with van der Waals surface area (Å²) in [5.74, 6) is 0.817. The molecule has 0 radical (unpaired) electrons. The summed E-state index contributed by atoms with van der Waals surface area (Å²) in [5.41, 5.74) is 4.81. The highest BCUT2D eigenvalue weighted by atomic mass is 14.3. The first kappa shape index (κ1) is 7.15. The van der Waals surface area contributed by atoms with Crippen LogP contribution in [-0.4, -0.2) is 0 Å². The first-order valence-electron chi connectivity index (χ1n) is 4.69. The van der Waals surface area contributed by atoms with E-state index in [0.29, 0.717) is 0 Å². The van der Waals surface area contributed by atoms with Gasteiger partial charge in [-0.15, -0.1) is 0 Å². The third-order valence-corrected chi connectivity index (χ3v) is 3.09. The molecule has 11 heavy (non-hydrogen) atoms. The van der Waals surface area contributed by atoms with Gasteiger partial charge in [0.1, 0.15) is 0 Å². The molecule has 0 amide bonds. The summed E-state index contributed by atoms with van der Waals surface area (Å²) in [6, 6.07) is 0. The van der Waals surface area contributed by atoms with E-state index in [-0.39, 0.29) is 0 Å². The van der Waals surface area contributed by atoms with Gasteiger partial charge in [0, 0.05) is 0 Å². The molecule has 2 aliphatic rings. The van der Waals surface area contributed by atoms with Crippen molar-refractivity contribution in [2.45, 2.75) is 39.0 Å². The topological polar surface area (TPSA) is 0 Å². The van der Waals surface area contributed by atoms with Gasteiger partial charge in [0.15, 0.2) is 0 Å². The number of hydrogen-bond acceptors (Lipinski definition) is 0. The molecule has 0 nitrogen and oxygen atoms in total. The van der Waals surface area contributed by atoms with Crippen LogP contribution in [0, 0.1) is 5.92 Å². The van der Waals surface area contributed by atoms with Crippen LogP contribution in [0.2, 0.25) is 0 Å². The molecule has 0 heterocycles. The smallest absolute Gasteiger partial charge is 0.0185 e. The minimum atomic E-state index is 0.817. The predicted octanol–water partition coefficient (Wildman–Crippen LogP) is 3.45. The van der Waals surface area contributed by atoms with Crippen LogP contribution in [-0.2, 0) is 0 Å². The van der Waals surface area contributed by atoms with Gasteiger partial charge in [0.25, 0.3) is 0 Å². The molecular weight excluding hydrogens is 132 g/mol. The van der Waals surface area contributed by atoms with E-state index in [9.17, 15) is 0 Å². The van der Waals surface area contributed by atoms with Crippen molar-refractivity contribution >= 4 is 0 Å². The molecule has 60 valence electrons. The third-order valence-electron chi connectivity index (χ3n) is 3.09. The van der Waals surface area contributed by atoms with Crippen molar-refractivity contribution in [3.05, 3.63) is 23.3 Å². The molecule has 0 aliphatic heterocycles. The largest absolute Gasteiger partial charge is 0.0955 e. The lowest BCUT2D eigenvalue weighted by Crippen LogP contribution is -2.04. The van der Waals surface area contributed by atoms with Gasteiger partial charge < -0.3 is 0 Å². The SMILES string of the molecule is C=C1CCC(C)C1=C1CCC1. The Balaban J connectivity index is 2.28. The van der Waals surface area contributed by atoms with Crippen molar-refractivity contribution in [1.82, 2.24) is 0 Å². The van der Waals surface area contributed by atoms with E-state index in [1.807, 2.05) is 0 Å². The molecule has 0 aromatic carbocycles. The average molecular weight is 148 g/mol. The van der Waals surface area contributed by atoms with E-state index in [2.05, 4.69) is 13.5 Å². The lowest BCUT2D eigenvalue weighted by molar-refractivity contribution is 0.616. The van der Waals surface area contributed by atoms with Crippen LogP contribution in [0.4, 0.5) is 0 Å². The van der Waals surface area contributed by atoms with Crippen molar-refractivity contribution in [3.8, 4) is 0 Å². The molecule has 0 heteroatoms. The van der Waals surface area contributed by atoms with E-state index in [4.69, 9.17) is 0 Å². The number of allylic oxidation sites excluding steroid dienone is 3. The maximum Gasteiger partial charge on any atom is -0.0185 e. The van der Waals surface area contributed by atoms with Gasteiger partial charge in [-0.3, -0.25) is 0 Å². The summed E-state index contributed by atoms with van der Waals surface area (Å²) < 4.78 is 0. The lowest BCUT2D eigenvalue weighted by Gasteiger charge is -2.22. The van der Waals surface area contributed by atoms with Crippen LogP contribution in [0.1, 0.15) is 39.0 Å². The highest BCUT2D eigenvalue weighted by Gasteiger charge is 2.25. The zero-order valence-electron chi connectivity index (χ0n) is 7.32. The standard InChI is InChI=1S/C11H16/c1-8-6-7-9(2)11(8)10-4-3-5-10/h9H,1,3-7H2,2H3. The highest BCUT2D eigenvalue weighted by Crippen LogP contribution is 2.42.